The third-order valence-electron chi connectivity index (χ3n) is 9.10. The van der Waals surface area contributed by atoms with Gasteiger partial charge in [-0.3, -0.25) is 9.59 Å². The van der Waals surface area contributed by atoms with Crippen molar-refractivity contribution in [2.45, 2.75) is 51.0 Å². The first-order valence-corrected chi connectivity index (χ1v) is 19.9. The van der Waals surface area contributed by atoms with Crippen molar-refractivity contribution < 1.29 is 38.1 Å². The van der Waals surface area contributed by atoms with Crippen molar-refractivity contribution in [3.05, 3.63) is 81.8 Å². The van der Waals surface area contributed by atoms with Crippen LogP contribution in [0.1, 0.15) is 25.7 Å². The van der Waals surface area contributed by atoms with E-state index in [0.717, 1.165) is 70.4 Å². The summed E-state index contributed by atoms with van der Waals surface area (Å²) in [5.41, 5.74) is 0.814. The molecule has 8 rings (SSSR count). The number of hydrogen-bond acceptors (Lipinski definition) is 16. The average molecular weight is 957 g/mol. The topological polar surface area (TPSA) is 238 Å². The molecule has 2 aromatic carbocycles. The summed E-state index contributed by atoms with van der Waals surface area (Å²) in [5, 5.41) is 40.4. The van der Waals surface area contributed by atoms with Gasteiger partial charge in [0.1, 0.15) is 58.4 Å². The Balaban J connectivity index is 0.000000181. The number of halogens is 4. The zero-order chi connectivity index (χ0) is 42.2. The third-order valence-corrected chi connectivity index (χ3v) is 10.4. The van der Waals surface area contributed by atoms with Crippen LogP contribution in [-0.4, -0.2) is 121 Å². The predicted molar refractivity (Wildman–Crippen MR) is 213 cm³/mol. The fourth-order valence-corrected chi connectivity index (χ4v) is 6.85. The minimum Gasteiger partial charge on any atom is -0.489 e. The summed E-state index contributed by atoms with van der Waals surface area (Å²) in [7, 11) is 0. The molecular formula is C36H34Br2F2N14O6. The van der Waals surface area contributed by atoms with E-state index in [4.69, 9.17) is 19.7 Å². The van der Waals surface area contributed by atoms with Gasteiger partial charge in [0.2, 0.25) is 11.6 Å². The van der Waals surface area contributed by atoms with Gasteiger partial charge in [0.25, 0.3) is 0 Å². The summed E-state index contributed by atoms with van der Waals surface area (Å²) in [6, 6.07) is 8.77. The molecule has 0 unspecified atom stereocenters. The van der Waals surface area contributed by atoms with Crippen LogP contribution in [0.4, 0.5) is 20.4 Å². The lowest BCUT2D eigenvalue weighted by Gasteiger charge is -2.32. The van der Waals surface area contributed by atoms with Crippen LogP contribution in [-0.2, 0) is 22.7 Å². The van der Waals surface area contributed by atoms with Crippen LogP contribution in [0.25, 0.3) is 23.0 Å². The Labute approximate surface area is 355 Å². The van der Waals surface area contributed by atoms with Gasteiger partial charge in [-0.2, -0.15) is 9.59 Å². The van der Waals surface area contributed by atoms with E-state index in [1.807, 2.05) is 0 Å². The van der Waals surface area contributed by atoms with Gasteiger partial charge < -0.3 is 29.5 Å². The lowest BCUT2D eigenvalue weighted by molar-refractivity contribution is -0.139. The maximum absolute atomic E-state index is 13.4. The van der Waals surface area contributed by atoms with Crippen LogP contribution in [0.2, 0.25) is 0 Å². The van der Waals surface area contributed by atoms with Crippen LogP contribution in [0.5, 0.6) is 11.5 Å². The number of hydrogen-bond donors (Lipinski definition) is 2. The number of tetrazole rings is 2. The number of carboxylic acids is 2. The number of carbonyl (C=O) groups is 2. The summed E-state index contributed by atoms with van der Waals surface area (Å²) in [6.07, 6.45) is 9.33. The normalized spacial score (nSPS) is 14.7. The quantitative estimate of drug-likeness (QED) is 0.174. The molecule has 2 saturated heterocycles. The molecule has 0 bridgehead atoms. The second-order valence-corrected chi connectivity index (χ2v) is 15.1. The molecule has 6 aromatic rings. The maximum Gasteiger partial charge on any atom is 0.327 e. The lowest BCUT2D eigenvalue weighted by atomic mass is 10.1. The molecule has 2 N–H and O–H groups in total. The molecule has 0 amide bonds. The van der Waals surface area contributed by atoms with Crippen LogP contribution in [0.3, 0.4) is 0 Å². The minimum absolute atomic E-state index is 0.0138. The smallest absolute Gasteiger partial charge is 0.327 e. The Morgan fingerprint density at radius 1 is 0.633 bits per heavy atom. The Kier molecular flexibility index (Phi) is 13.4. The molecule has 0 spiro atoms. The number of aromatic nitrogens is 12. The number of nitrogens with zero attached hydrogens (tertiary/aromatic N) is 14. The van der Waals surface area contributed by atoms with E-state index in [0.29, 0.717) is 34.5 Å². The van der Waals surface area contributed by atoms with E-state index in [2.05, 4.69) is 92.4 Å². The molecule has 60 heavy (non-hydrogen) atoms. The average Bonchev–Trinajstić information content (AvgIpc) is 3.91. The van der Waals surface area contributed by atoms with Crippen LogP contribution >= 0.6 is 31.9 Å². The highest BCUT2D eigenvalue weighted by molar-refractivity contribution is 9.10. The summed E-state index contributed by atoms with van der Waals surface area (Å²) >= 11 is 6.76. The standard InChI is InChI=1S/2C18H17BrFN7O3/c2*19-13-2-1-11(20)7-15(13)30-12-3-5-26(6-4-12)16-9-21-14(8-22-16)18-23-25-27(24-18)10-17(28)29/h2*1-2,7-9,12H,3-6,10H2,(H,28,29). The Hall–Kier alpha value is -6.30. The molecule has 0 saturated carbocycles. The number of aliphatic carboxylic acids is 2. The van der Waals surface area contributed by atoms with Gasteiger partial charge >= 0.3 is 11.9 Å². The summed E-state index contributed by atoms with van der Waals surface area (Å²) < 4.78 is 40.2. The first-order chi connectivity index (χ1) is 28.9. The van der Waals surface area contributed by atoms with Gasteiger partial charge in [0.15, 0.2) is 13.1 Å². The second-order valence-electron chi connectivity index (χ2n) is 13.4. The second kappa shape index (κ2) is 19.2. The molecule has 6 heterocycles. The van der Waals surface area contributed by atoms with Crippen LogP contribution in [0, 0.1) is 11.6 Å². The van der Waals surface area contributed by atoms with Gasteiger partial charge in [-0.1, -0.05) is 0 Å². The highest BCUT2D eigenvalue weighted by Gasteiger charge is 2.25. The van der Waals surface area contributed by atoms with Crippen LogP contribution < -0.4 is 19.3 Å². The van der Waals surface area contributed by atoms with Crippen molar-refractivity contribution in [1.29, 1.82) is 0 Å². The minimum atomic E-state index is -1.06. The summed E-state index contributed by atoms with van der Waals surface area (Å²) in [6.45, 7) is 2.14. The van der Waals surface area contributed by atoms with Crippen LogP contribution in [0.15, 0.2) is 70.1 Å². The van der Waals surface area contributed by atoms with Crippen molar-refractivity contribution >= 4 is 55.4 Å². The van der Waals surface area contributed by atoms with Crippen molar-refractivity contribution in [1.82, 2.24) is 60.4 Å². The van der Waals surface area contributed by atoms with Crippen molar-refractivity contribution in [2.75, 3.05) is 36.0 Å². The van der Waals surface area contributed by atoms with E-state index >= 15 is 0 Å². The first-order valence-electron chi connectivity index (χ1n) is 18.3. The van der Waals surface area contributed by atoms with E-state index < -0.39 is 11.9 Å². The molecule has 0 radical (unpaired) electrons. The molecule has 2 fully saturated rings. The fraction of sp³-hybridized carbons (Fsp3) is 0.333. The van der Waals surface area contributed by atoms with Crippen molar-refractivity contribution in [2.24, 2.45) is 0 Å². The highest BCUT2D eigenvalue weighted by atomic mass is 79.9. The number of benzene rings is 2. The van der Waals surface area contributed by atoms with Gasteiger partial charge in [-0.25, -0.2) is 28.7 Å². The SMILES string of the molecule is O=C(O)Cn1nnc(-c2cnc(N3CCC(Oc4cc(F)ccc4Br)CC3)cn2)n1.O=C(O)Cn1nnc(-c2cnc(N3CCC(Oc4cc(F)ccc4Br)CC3)cn2)n1. The Morgan fingerprint density at radius 3 is 1.38 bits per heavy atom. The molecule has 2 aliphatic heterocycles. The van der Waals surface area contributed by atoms with E-state index in [9.17, 15) is 18.4 Å². The van der Waals surface area contributed by atoms with Gasteiger partial charge in [-0.05, 0) is 66.6 Å². The lowest BCUT2D eigenvalue weighted by Crippen LogP contribution is -2.38. The monoisotopic (exact) mass is 954 g/mol. The zero-order valence-electron chi connectivity index (χ0n) is 31.3. The Morgan fingerprint density at radius 2 is 1.03 bits per heavy atom. The van der Waals surface area contributed by atoms with Crippen molar-refractivity contribution in [3.8, 4) is 34.5 Å². The molecule has 2 aliphatic rings. The molecule has 4 aromatic heterocycles. The number of rotatable bonds is 12. The summed E-state index contributed by atoms with van der Waals surface area (Å²) in [4.78, 5) is 45.0. The number of ether oxygens (including phenoxy) is 2. The third kappa shape index (κ3) is 11.0. The fourth-order valence-electron chi connectivity index (χ4n) is 6.17. The number of anilines is 2. The van der Waals surface area contributed by atoms with E-state index in [1.54, 1.807) is 24.5 Å². The van der Waals surface area contributed by atoms with Gasteiger partial charge in [-0.15, -0.1) is 20.4 Å². The molecule has 0 aliphatic carbocycles. The predicted octanol–water partition coefficient (Wildman–Crippen LogP) is 4.33. The first kappa shape index (κ1) is 41.8. The van der Waals surface area contributed by atoms with Gasteiger partial charge in [0.05, 0.1) is 33.7 Å². The number of carboxylic acid groups (broad SMARTS) is 2. The Bertz CT molecular complexity index is 2240. The van der Waals surface area contributed by atoms with Gasteiger partial charge in [0, 0.05) is 64.0 Å². The van der Waals surface area contributed by atoms with E-state index in [1.165, 1.54) is 36.7 Å². The summed E-state index contributed by atoms with van der Waals surface area (Å²) in [5.74, 6) is 0.0596. The molecular weight excluding hydrogens is 922 g/mol. The molecule has 24 heteroatoms. The van der Waals surface area contributed by atoms with E-state index in [-0.39, 0.29) is 48.6 Å². The number of piperidine rings is 2. The largest absolute Gasteiger partial charge is 0.489 e. The highest BCUT2D eigenvalue weighted by Crippen LogP contribution is 2.31. The van der Waals surface area contributed by atoms with Crippen molar-refractivity contribution in [3.63, 3.8) is 0 Å². The molecule has 20 nitrogen and oxygen atoms in total. The molecule has 0 atom stereocenters. The maximum atomic E-state index is 13.4. The zero-order valence-corrected chi connectivity index (χ0v) is 34.5. The molecule has 312 valence electrons.